The van der Waals surface area contributed by atoms with Gasteiger partial charge >= 0.3 is 0 Å². The highest BCUT2D eigenvalue weighted by Gasteiger charge is 2.24. The van der Waals surface area contributed by atoms with Crippen LogP contribution in [0, 0.1) is 5.82 Å². The summed E-state index contributed by atoms with van der Waals surface area (Å²) in [5.41, 5.74) is 5.73. The summed E-state index contributed by atoms with van der Waals surface area (Å²) in [6, 6.07) is 4.23. The SMILES string of the molecule is COc1cccc(F)c1C(=O)c1cnc(NC2CCN(C(C)=O)CC2)nc1N. The van der Waals surface area contributed by atoms with Gasteiger partial charge in [-0.2, -0.15) is 4.98 Å². The average molecular weight is 387 g/mol. The molecular weight excluding hydrogens is 365 g/mol. The Morgan fingerprint density at radius 3 is 2.64 bits per heavy atom. The van der Waals surface area contributed by atoms with E-state index in [0.717, 1.165) is 12.8 Å². The van der Waals surface area contributed by atoms with Crippen molar-refractivity contribution in [1.82, 2.24) is 14.9 Å². The molecule has 1 aliphatic heterocycles. The summed E-state index contributed by atoms with van der Waals surface area (Å²) in [5, 5.41) is 3.17. The number of aromatic nitrogens is 2. The maximum Gasteiger partial charge on any atom is 0.224 e. The number of carbonyl (C=O) groups is 2. The number of amides is 1. The van der Waals surface area contributed by atoms with E-state index in [0.29, 0.717) is 13.1 Å². The highest BCUT2D eigenvalue weighted by atomic mass is 19.1. The second-order valence-electron chi connectivity index (χ2n) is 6.56. The molecular formula is C19H22FN5O3. The molecule has 28 heavy (non-hydrogen) atoms. The summed E-state index contributed by atoms with van der Waals surface area (Å²) in [6.45, 7) is 2.87. The zero-order valence-electron chi connectivity index (χ0n) is 15.7. The van der Waals surface area contributed by atoms with E-state index in [1.165, 1.54) is 31.5 Å². The van der Waals surface area contributed by atoms with Crippen molar-refractivity contribution in [3.8, 4) is 5.75 Å². The summed E-state index contributed by atoms with van der Waals surface area (Å²) < 4.78 is 19.2. The van der Waals surface area contributed by atoms with Crippen LogP contribution in [-0.4, -0.2) is 52.8 Å². The number of ether oxygens (including phenoxy) is 1. The molecule has 0 saturated carbocycles. The van der Waals surface area contributed by atoms with Crippen LogP contribution in [0.15, 0.2) is 24.4 Å². The smallest absolute Gasteiger partial charge is 0.224 e. The lowest BCUT2D eigenvalue weighted by Crippen LogP contribution is -2.41. The van der Waals surface area contributed by atoms with Gasteiger partial charge in [-0.1, -0.05) is 6.07 Å². The van der Waals surface area contributed by atoms with Gasteiger partial charge in [0, 0.05) is 32.3 Å². The Morgan fingerprint density at radius 1 is 1.32 bits per heavy atom. The quantitative estimate of drug-likeness (QED) is 0.754. The lowest BCUT2D eigenvalue weighted by atomic mass is 10.0. The molecule has 0 atom stereocenters. The predicted molar refractivity (Wildman–Crippen MR) is 102 cm³/mol. The minimum absolute atomic E-state index is 0.000323. The molecule has 0 bridgehead atoms. The van der Waals surface area contributed by atoms with Crippen LogP contribution < -0.4 is 15.8 Å². The topological polar surface area (TPSA) is 110 Å². The van der Waals surface area contributed by atoms with E-state index < -0.39 is 11.6 Å². The minimum atomic E-state index is -0.705. The molecule has 1 aliphatic rings. The number of ketones is 1. The number of carbonyl (C=O) groups excluding carboxylic acids is 2. The lowest BCUT2D eigenvalue weighted by molar-refractivity contribution is -0.129. The number of halogens is 1. The third-order valence-corrected chi connectivity index (χ3v) is 4.76. The summed E-state index contributed by atoms with van der Waals surface area (Å²) in [6.07, 6.45) is 2.80. The first-order valence-electron chi connectivity index (χ1n) is 8.92. The summed E-state index contributed by atoms with van der Waals surface area (Å²) in [7, 11) is 1.36. The maximum atomic E-state index is 14.2. The van der Waals surface area contributed by atoms with Crippen LogP contribution in [0.2, 0.25) is 0 Å². The van der Waals surface area contributed by atoms with E-state index in [9.17, 15) is 14.0 Å². The van der Waals surface area contributed by atoms with Crippen molar-refractivity contribution in [2.75, 3.05) is 31.2 Å². The molecule has 0 aliphatic carbocycles. The molecule has 0 radical (unpaired) electrons. The van der Waals surface area contributed by atoms with Crippen LogP contribution in [0.25, 0.3) is 0 Å². The van der Waals surface area contributed by atoms with Gasteiger partial charge < -0.3 is 20.7 Å². The van der Waals surface area contributed by atoms with Crippen molar-refractivity contribution >= 4 is 23.5 Å². The molecule has 8 nitrogen and oxygen atoms in total. The molecule has 0 unspecified atom stereocenters. The number of nitrogens with two attached hydrogens (primary N) is 1. The van der Waals surface area contributed by atoms with Crippen molar-refractivity contribution in [3.05, 3.63) is 41.3 Å². The first-order valence-corrected chi connectivity index (χ1v) is 8.92. The predicted octanol–water partition coefficient (Wildman–Crippen LogP) is 1.86. The third kappa shape index (κ3) is 4.03. The number of piperidine rings is 1. The number of hydrogen-bond acceptors (Lipinski definition) is 7. The van der Waals surface area contributed by atoms with Crippen LogP contribution in [-0.2, 0) is 4.79 Å². The highest BCUT2D eigenvalue weighted by Crippen LogP contribution is 2.26. The summed E-state index contributed by atoms with van der Waals surface area (Å²) in [5.74, 6) is -0.934. The lowest BCUT2D eigenvalue weighted by Gasteiger charge is -2.31. The van der Waals surface area contributed by atoms with Crippen molar-refractivity contribution in [3.63, 3.8) is 0 Å². The molecule has 148 valence electrons. The van der Waals surface area contributed by atoms with E-state index in [1.54, 1.807) is 11.8 Å². The number of benzene rings is 1. The van der Waals surface area contributed by atoms with Crippen LogP contribution in [0.4, 0.5) is 16.2 Å². The number of nitrogens with one attached hydrogen (secondary N) is 1. The van der Waals surface area contributed by atoms with Crippen molar-refractivity contribution in [2.24, 2.45) is 0 Å². The molecule has 1 aromatic carbocycles. The molecule has 3 N–H and O–H groups in total. The molecule has 1 saturated heterocycles. The molecule has 2 aromatic rings. The van der Waals surface area contributed by atoms with E-state index in [-0.39, 0.29) is 40.6 Å². The van der Waals surface area contributed by atoms with E-state index in [1.807, 2.05) is 0 Å². The van der Waals surface area contributed by atoms with Crippen molar-refractivity contribution in [1.29, 1.82) is 0 Å². The van der Waals surface area contributed by atoms with E-state index >= 15 is 0 Å². The maximum absolute atomic E-state index is 14.2. The van der Waals surface area contributed by atoms with Crippen LogP contribution in [0.3, 0.4) is 0 Å². The summed E-state index contributed by atoms with van der Waals surface area (Å²) in [4.78, 5) is 34.2. The molecule has 1 fully saturated rings. The molecule has 1 amide bonds. The van der Waals surface area contributed by atoms with E-state index in [2.05, 4.69) is 15.3 Å². The number of nitrogens with zero attached hydrogens (tertiary/aromatic N) is 3. The standard InChI is InChI=1S/C19H22FN5O3/c1-11(26)25-8-6-12(7-9-25)23-19-22-10-13(18(21)24-19)17(27)16-14(20)4-3-5-15(16)28-2/h3-5,10,12H,6-9H2,1-2H3,(H3,21,22,23,24). The van der Waals surface area contributed by atoms with Gasteiger partial charge in [-0.05, 0) is 25.0 Å². The second-order valence-corrected chi connectivity index (χ2v) is 6.56. The fourth-order valence-corrected chi connectivity index (χ4v) is 3.19. The number of hydrogen-bond donors (Lipinski definition) is 2. The third-order valence-electron chi connectivity index (χ3n) is 4.76. The van der Waals surface area contributed by atoms with Gasteiger partial charge in [-0.3, -0.25) is 9.59 Å². The highest BCUT2D eigenvalue weighted by molar-refractivity contribution is 6.13. The van der Waals surface area contributed by atoms with E-state index in [4.69, 9.17) is 10.5 Å². The van der Waals surface area contributed by atoms with Crippen molar-refractivity contribution in [2.45, 2.75) is 25.8 Å². The van der Waals surface area contributed by atoms with Gasteiger partial charge in [0.15, 0.2) is 0 Å². The Hall–Kier alpha value is -3.23. The number of rotatable bonds is 5. The van der Waals surface area contributed by atoms with Gasteiger partial charge in [0.05, 0.1) is 12.7 Å². The Morgan fingerprint density at radius 2 is 2.04 bits per heavy atom. The first kappa shape index (κ1) is 19.5. The second kappa shape index (κ2) is 8.20. The van der Waals surface area contributed by atoms with Gasteiger partial charge in [-0.25, -0.2) is 9.37 Å². The Bertz CT molecular complexity index is 897. The Labute approximate surface area is 161 Å². The molecule has 1 aromatic heterocycles. The van der Waals surface area contributed by atoms with Gasteiger partial charge in [-0.15, -0.1) is 0 Å². The van der Waals surface area contributed by atoms with Crippen LogP contribution in [0.5, 0.6) is 5.75 Å². The molecule has 3 rings (SSSR count). The summed E-state index contributed by atoms with van der Waals surface area (Å²) >= 11 is 0. The minimum Gasteiger partial charge on any atom is -0.496 e. The van der Waals surface area contributed by atoms with Gasteiger partial charge in [0.1, 0.15) is 22.9 Å². The largest absolute Gasteiger partial charge is 0.496 e. The fourth-order valence-electron chi connectivity index (χ4n) is 3.19. The zero-order valence-corrected chi connectivity index (χ0v) is 15.7. The zero-order chi connectivity index (χ0) is 20.3. The Kier molecular flexibility index (Phi) is 5.72. The van der Waals surface area contributed by atoms with Crippen molar-refractivity contribution < 1.29 is 18.7 Å². The monoisotopic (exact) mass is 387 g/mol. The number of methoxy groups -OCH3 is 1. The first-order chi connectivity index (χ1) is 13.4. The van der Waals surface area contributed by atoms with Crippen LogP contribution in [0.1, 0.15) is 35.7 Å². The number of anilines is 2. The molecule has 0 spiro atoms. The molecule has 9 heteroatoms. The number of likely N-dealkylation sites (tertiary alicyclic amines) is 1. The average Bonchev–Trinajstić information content (AvgIpc) is 2.67. The van der Waals surface area contributed by atoms with Crippen LogP contribution >= 0.6 is 0 Å². The normalized spacial score (nSPS) is 14.6. The Balaban J connectivity index is 1.75. The number of nitrogen functional groups attached to an aromatic ring is 1. The fraction of sp³-hybridized carbons (Fsp3) is 0.368. The van der Waals surface area contributed by atoms with Gasteiger partial charge in [0.2, 0.25) is 17.6 Å². The van der Waals surface area contributed by atoms with Gasteiger partial charge in [0.25, 0.3) is 0 Å². The molecule has 2 heterocycles.